The highest BCUT2D eigenvalue weighted by atomic mass is 35.5. The fraction of sp³-hybridized carbons (Fsp3) is 0.533. The predicted octanol–water partition coefficient (Wildman–Crippen LogP) is 3.04. The highest BCUT2D eigenvalue weighted by Crippen LogP contribution is 2.33. The van der Waals surface area contributed by atoms with Crippen molar-refractivity contribution in [3.8, 4) is 0 Å². The minimum atomic E-state index is -4.71. The van der Waals surface area contributed by atoms with E-state index in [1.165, 1.54) is 11.8 Å². The van der Waals surface area contributed by atoms with E-state index in [2.05, 4.69) is 10.0 Å². The molecule has 0 spiro atoms. The van der Waals surface area contributed by atoms with Crippen LogP contribution in [0.2, 0.25) is 5.02 Å². The van der Waals surface area contributed by atoms with Gasteiger partial charge in [-0.1, -0.05) is 11.6 Å². The maximum Gasteiger partial charge on any atom is 0.416 e. The van der Waals surface area contributed by atoms with E-state index in [1.54, 1.807) is 6.26 Å². The Labute approximate surface area is 159 Å². The third-order valence-electron chi connectivity index (χ3n) is 3.70. The van der Waals surface area contributed by atoms with Gasteiger partial charge in [0, 0.05) is 6.04 Å². The summed E-state index contributed by atoms with van der Waals surface area (Å²) in [6.07, 6.45) is -1.06. The molecule has 1 unspecified atom stereocenters. The van der Waals surface area contributed by atoms with Crippen molar-refractivity contribution in [3.63, 3.8) is 0 Å². The maximum atomic E-state index is 12.9. The summed E-state index contributed by atoms with van der Waals surface area (Å²) in [7, 11) is -4.42. The molecule has 1 atom stereocenters. The molecule has 0 aromatic heterocycles. The largest absolute Gasteiger partial charge is 0.416 e. The van der Waals surface area contributed by atoms with Gasteiger partial charge >= 0.3 is 6.18 Å². The van der Waals surface area contributed by atoms with Crippen LogP contribution in [0.1, 0.15) is 24.8 Å². The van der Waals surface area contributed by atoms with E-state index >= 15 is 0 Å². The molecule has 0 heterocycles. The van der Waals surface area contributed by atoms with E-state index in [-0.39, 0.29) is 17.5 Å². The van der Waals surface area contributed by atoms with Crippen LogP contribution >= 0.6 is 23.4 Å². The molecule has 2 N–H and O–H groups in total. The molecule has 1 aromatic carbocycles. The number of halogens is 4. The lowest BCUT2D eigenvalue weighted by molar-refractivity contribution is -0.137. The predicted molar refractivity (Wildman–Crippen MR) is 94.7 cm³/mol. The number of benzene rings is 1. The number of hydrogen-bond donors (Lipinski definition) is 2. The lowest BCUT2D eigenvalue weighted by Gasteiger charge is -2.19. The van der Waals surface area contributed by atoms with Crippen LogP contribution in [0.3, 0.4) is 0 Å². The first-order chi connectivity index (χ1) is 12.0. The van der Waals surface area contributed by atoms with Gasteiger partial charge in [-0.2, -0.15) is 29.7 Å². The Morgan fingerprint density at radius 3 is 2.58 bits per heavy atom. The smallest absolute Gasteiger partial charge is 0.352 e. The summed E-state index contributed by atoms with van der Waals surface area (Å²) in [5, 5.41) is 2.35. The van der Waals surface area contributed by atoms with Crippen molar-refractivity contribution in [2.75, 3.05) is 12.0 Å². The minimum absolute atomic E-state index is 0.0286. The summed E-state index contributed by atoms with van der Waals surface area (Å²) in [6, 6.07) is 0.987. The third-order valence-corrected chi connectivity index (χ3v) is 6.29. The number of thioether (sulfide) groups is 1. The Hall–Kier alpha value is -0.970. The molecule has 1 saturated carbocycles. The highest BCUT2D eigenvalue weighted by molar-refractivity contribution is 7.98. The van der Waals surface area contributed by atoms with E-state index in [0.717, 1.165) is 18.9 Å². The zero-order chi connectivity index (χ0) is 19.5. The molecule has 0 bridgehead atoms. The molecule has 1 aliphatic carbocycles. The van der Waals surface area contributed by atoms with E-state index in [9.17, 15) is 26.4 Å². The van der Waals surface area contributed by atoms with Crippen LogP contribution in [0.15, 0.2) is 23.1 Å². The molecule has 26 heavy (non-hydrogen) atoms. The highest BCUT2D eigenvalue weighted by Gasteiger charge is 2.34. The van der Waals surface area contributed by atoms with Crippen molar-refractivity contribution in [2.45, 2.75) is 42.4 Å². The number of carbonyl (C=O) groups excluding carboxylic acids is 1. The zero-order valence-corrected chi connectivity index (χ0v) is 16.2. The molecule has 0 saturated heterocycles. The van der Waals surface area contributed by atoms with Gasteiger partial charge in [-0.3, -0.25) is 4.79 Å². The van der Waals surface area contributed by atoms with Gasteiger partial charge in [0.1, 0.15) is 10.9 Å². The van der Waals surface area contributed by atoms with Crippen LogP contribution in [0, 0.1) is 0 Å². The average Bonchev–Trinajstić information content (AvgIpc) is 3.34. The Morgan fingerprint density at radius 2 is 2.04 bits per heavy atom. The van der Waals surface area contributed by atoms with Gasteiger partial charge in [0.25, 0.3) is 0 Å². The van der Waals surface area contributed by atoms with Crippen molar-refractivity contribution in [1.29, 1.82) is 0 Å². The molecular formula is C15H18ClF3N2O3S2. The van der Waals surface area contributed by atoms with Crippen LogP contribution in [0.25, 0.3) is 0 Å². The lowest BCUT2D eigenvalue weighted by Crippen LogP contribution is -2.47. The summed E-state index contributed by atoms with van der Waals surface area (Å²) >= 11 is 7.22. The summed E-state index contributed by atoms with van der Waals surface area (Å²) in [6.45, 7) is 0. The van der Waals surface area contributed by atoms with Crippen LogP contribution in [0.4, 0.5) is 13.2 Å². The third kappa shape index (κ3) is 5.77. The lowest BCUT2D eigenvalue weighted by atomic mass is 10.2. The number of rotatable bonds is 8. The van der Waals surface area contributed by atoms with Gasteiger partial charge in [0.2, 0.25) is 15.9 Å². The van der Waals surface area contributed by atoms with Crippen LogP contribution < -0.4 is 10.0 Å². The van der Waals surface area contributed by atoms with Gasteiger partial charge in [0.05, 0.1) is 10.6 Å². The zero-order valence-electron chi connectivity index (χ0n) is 13.8. The quantitative estimate of drug-likeness (QED) is 0.664. The molecule has 0 aliphatic heterocycles. The first-order valence-electron chi connectivity index (χ1n) is 7.73. The molecule has 1 aliphatic rings. The molecule has 2 rings (SSSR count). The number of sulfonamides is 1. The molecule has 146 valence electrons. The van der Waals surface area contributed by atoms with Crippen molar-refractivity contribution >= 4 is 39.3 Å². The first kappa shape index (κ1) is 21.3. The molecule has 1 aromatic rings. The second kappa shape index (κ2) is 8.37. The molecule has 1 fully saturated rings. The Bertz CT molecular complexity index is 768. The average molecular weight is 431 g/mol. The van der Waals surface area contributed by atoms with Crippen molar-refractivity contribution in [1.82, 2.24) is 10.0 Å². The summed E-state index contributed by atoms with van der Waals surface area (Å²) in [4.78, 5) is 11.6. The van der Waals surface area contributed by atoms with E-state index < -0.39 is 38.6 Å². The van der Waals surface area contributed by atoms with Crippen LogP contribution in [-0.4, -0.2) is 38.4 Å². The van der Waals surface area contributed by atoms with Gasteiger partial charge in [0.15, 0.2) is 0 Å². The Morgan fingerprint density at radius 1 is 1.38 bits per heavy atom. The number of alkyl halides is 3. The van der Waals surface area contributed by atoms with E-state index in [0.29, 0.717) is 17.9 Å². The first-order valence-corrected chi connectivity index (χ1v) is 11.0. The molecule has 5 nitrogen and oxygen atoms in total. The standard InChI is InChI=1S/C15H18ClF3N2O3S2/c1-25-7-6-12(14(22)20-10-3-4-10)21-26(23,24)13-8-9(15(17,18)19)2-5-11(13)16/h2,5,8,10,12,21H,3-4,6-7H2,1H3,(H,20,22). The SMILES string of the molecule is CSCCC(NS(=O)(=O)c1cc(C(F)(F)F)ccc1Cl)C(=O)NC1CC1. The van der Waals surface area contributed by atoms with Gasteiger partial charge in [-0.05, 0) is 49.5 Å². The summed E-state index contributed by atoms with van der Waals surface area (Å²) in [5.41, 5.74) is -1.13. The fourth-order valence-electron chi connectivity index (χ4n) is 2.15. The number of nitrogens with one attached hydrogen (secondary N) is 2. The number of hydrogen-bond acceptors (Lipinski definition) is 4. The van der Waals surface area contributed by atoms with Crippen LogP contribution in [-0.2, 0) is 21.0 Å². The molecule has 1 amide bonds. The van der Waals surface area contributed by atoms with Gasteiger partial charge in [-0.25, -0.2) is 8.42 Å². The molecular weight excluding hydrogens is 413 g/mol. The van der Waals surface area contributed by atoms with Crippen molar-refractivity contribution in [2.24, 2.45) is 0 Å². The summed E-state index contributed by atoms with van der Waals surface area (Å²) in [5.74, 6) is 0.00920. The van der Waals surface area contributed by atoms with E-state index in [1.807, 2.05) is 0 Å². The van der Waals surface area contributed by atoms with Crippen molar-refractivity contribution in [3.05, 3.63) is 28.8 Å². The Kier molecular flexibility index (Phi) is 6.86. The fourth-order valence-corrected chi connectivity index (χ4v) is 4.37. The van der Waals surface area contributed by atoms with Crippen LogP contribution in [0.5, 0.6) is 0 Å². The van der Waals surface area contributed by atoms with Gasteiger partial charge in [-0.15, -0.1) is 0 Å². The number of carbonyl (C=O) groups is 1. The van der Waals surface area contributed by atoms with Crippen molar-refractivity contribution < 1.29 is 26.4 Å². The Balaban J connectivity index is 2.27. The van der Waals surface area contributed by atoms with E-state index in [4.69, 9.17) is 11.6 Å². The van der Waals surface area contributed by atoms with Gasteiger partial charge < -0.3 is 5.32 Å². The molecule has 11 heteroatoms. The second-order valence-corrected chi connectivity index (χ2v) is 8.96. The second-order valence-electron chi connectivity index (χ2n) is 5.88. The normalized spacial score (nSPS) is 16.3. The monoisotopic (exact) mass is 430 g/mol. The summed E-state index contributed by atoms with van der Waals surface area (Å²) < 4.78 is 65.9. The maximum absolute atomic E-state index is 12.9. The topological polar surface area (TPSA) is 75.3 Å². The number of amides is 1. The molecule has 0 radical (unpaired) electrons. The minimum Gasteiger partial charge on any atom is -0.352 e.